The number of amides is 2. The second-order valence-corrected chi connectivity index (χ2v) is 6.90. The molecule has 126 valence electrons. The van der Waals surface area contributed by atoms with Crippen LogP contribution in [0.3, 0.4) is 0 Å². The number of β-amino-alcohol motifs (C(OH)–C–C–N with tert-alkyl or cyclic N) is 1. The molecule has 0 aromatic heterocycles. The Kier molecular flexibility index (Phi) is 5.45. The molecule has 2 amide bonds. The van der Waals surface area contributed by atoms with E-state index >= 15 is 0 Å². The number of hydrogen-bond donors (Lipinski definition) is 3. The van der Waals surface area contributed by atoms with Crippen LogP contribution < -0.4 is 5.32 Å². The van der Waals surface area contributed by atoms with Gasteiger partial charge in [-0.1, -0.05) is 25.7 Å². The highest BCUT2D eigenvalue weighted by Gasteiger charge is 2.42. The maximum absolute atomic E-state index is 12.3. The smallest absolute Gasteiger partial charge is 0.253 e. The lowest BCUT2D eigenvalue weighted by molar-refractivity contribution is -0.151. The van der Waals surface area contributed by atoms with Gasteiger partial charge in [-0.25, -0.2) is 0 Å². The molecule has 2 rings (SSSR count). The molecule has 1 heterocycles. The van der Waals surface area contributed by atoms with Gasteiger partial charge in [-0.3, -0.25) is 9.59 Å². The minimum absolute atomic E-state index is 0.0343. The number of carbonyl (C=O) groups is 2. The number of hydrogen-bond acceptors (Lipinski definition) is 4. The molecule has 1 saturated heterocycles. The third kappa shape index (κ3) is 4.20. The molecule has 1 saturated carbocycles. The highest BCUT2D eigenvalue weighted by atomic mass is 16.3. The summed E-state index contributed by atoms with van der Waals surface area (Å²) in [5, 5.41) is 23.8. The van der Waals surface area contributed by atoms with Gasteiger partial charge in [0.2, 0.25) is 5.91 Å². The molecular formula is C16H28N2O4. The van der Waals surface area contributed by atoms with Crippen molar-refractivity contribution in [3.63, 3.8) is 0 Å². The molecule has 1 atom stereocenters. The summed E-state index contributed by atoms with van der Waals surface area (Å²) >= 11 is 0. The molecule has 2 aliphatic rings. The fourth-order valence-corrected chi connectivity index (χ4v) is 3.46. The highest BCUT2D eigenvalue weighted by molar-refractivity contribution is 5.86. The Balaban J connectivity index is 1.91. The van der Waals surface area contributed by atoms with E-state index in [4.69, 9.17) is 0 Å². The zero-order valence-electron chi connectivity index (χ0n) is 13.4. The van der Waals surface area contributed by atoms with Crippen molar-refractivity contribution in [3.8, 4) is 0 Å². The summed E-state index contributed by atoms with van der Waals surface area (Å²) in [6.45, 7) is 2.23. The summed E-state index contributed by atoms with van der Waals surface area (Å²) in [5.41, 5.74) is -2.40. The molecule has 2 fully saturated rings. The Hall–Kier alpha value is -1.14. The van der Waals surface area contributed by atoms with Crippen LogP contribution in [0.5, 0.6) is 0 Å². The summed E-state index contributed by atoms with van der Waals surface area (Å²) in [7, 11) is 0. The van der Waals surface area contributed by atoms with Gasteiger partial charge in [0.15, 0.2) is 5.60 Å². The van der Waals surface area contributed by atoms with Gasteiger partial charge in [0.05, 0.1) is 12.1 Å². The van der Waals surface area contributed by atoms with Crippen molar-refractivity contribution in [3.05, 3.63) is 0 Å². The largest absolute Gasteiger partial charge is 0.388 e. The van der Waals surface area contributed by atoms with Gasteiger partial charge in [0.25, 0.3) is 5.91 Å². The van der Waals surface area contributed by atoms with Crippen LogP contribution in [0.15, 0.2) is 0 Å². The summed E-state index contributed by atoms with van der Waals surface area (Å²) in [4.78, 5) is 25.3. The average molecular weight is 312 g/mol. The third-order valence-corrected chi connectivity index (χ3v) is 4.95. The molecule has 0 unspecified atom stereocenters. The molecule has 1 aliphatic carbocycles. The molecule has 1 aliphatic heterocycles. The number of piperidine rings is 1. The van der Waals surface area contributed by atoms with Crippen molar-refractivity contribution in [2.45, 2.75) is 69.5 Å². The van der Waals surface area contributed by atoms with Crippen LogP contribution >= 0.6 is 0 Å². The molecule has 0 bridgehead atoms. The maximum atomic E-state index is 12.3. The van der Waals surface area contributed by atoms with Gasteiger partial charge in [0.1, 0.15) is 0 Å². The standard InChI is InChI=1S/C16H28N2O4/c1-13(19)18-10-6-9-16(22,12-18)14(20)17-11-15(21)7-4-2-3-5-8-15/h21-22H,2-12H2,1H3,(H,17,20)/t16-/m0/s1. The predicted octanol–water partition coefficient (Wildman–Crippen LogP) is 0.561. The van der Waals surface area contributed by atoms with E-state index < -0.39 is 17.1 Å². The van der Waals surface area contributed by atoms with Crippen LogP contribution in [-0.4, -0.2) is 57.8 Å². The molecule has 0 aromatic carbocycles. The van der Waals surface area contributed by atoms with E-state index in [1.165, 1.54) is 11.8 Å². The molecule has 6 heteroatoms. The van der Waals surface area contributed by atoms with Crippen LogP contribution in [0.1, 0.15) is 58.3 Å². The van der Waals surface area contributed by atoms with Gasteiger partial charge < -0.3 is 20.4 Å². The summed E-state index contributed by atoms with van der Waals surface area (Å²) in [6.07, 6.45) is 6.50. The Morgan fingerprint density at radius 3 is 2.27 bits per heavy atom. The quantitative estimate of drug-likeness (QED) is 0.664. The first-order valence-corrected chi connectivity index (χ1v) is 8.33. The molecular weight excluding hydrogens is 284 g/mol. The van der Waals surface area contributed by atoms with Crippen LogP contribution in [0.2, 0.25) is 0 Å². The van der Waals surface area contributed by atoms with Gasteiger partial charge in [-0.2, -0.15) is 0 Å². The van der Waals surface area contributed by atoms with Crippen molar-refractivity contribution >= 4 is 11.8 Å². The second kappa shape index (κ2) is 6.96. The topological polar surface area (TPSA) is 89.9 Å². The van der Waals surface area contributed by atoms with Crippen molar-refractivity contribution in [2.24, 2.45) is 0 Å². The fraction of sp³-hybridized carbons (Fsp3) is 0.875. The lowest BCUT2D eigenvalue weighted by Crippen LogP contribution is -2.59. The van der Waals surface area contributed by atoms with Crippen molar-refractivity contribution in [2.75, 3.05) is 19.6 Å². The van der Waals surface area contributed by atoms with E-state index in [0.717, 1.165) is 25.7 Å². The summed E-state index contributed by atoms with van der Waals surface area (Å²) in [5.74, 6) is -0.607. The van der Waals surface area contributed by atoms with E-state index in [1.54, 1.807) is 0 Å². The zero-order chi connectivity index (χ0) is 16.2. The Bertz CT molecular complexity index is 418. The summed E-state index contributed by atoms with van der Waals surface area (Å²) < 4.78 is 0. The fourth-order valence-electron chi connectivity index (χ4n) is 3.46. The van der Waals surface area contributed by atoms with Crippen LogP contribution in [0, 0.1) is 0 Å². The van der Waals surface area contributed by atoms with E-state index in [1.807, 2.05) is 0 Å². The van der Waals surface area contributed by atoms with Gasteiger partial charge in [-0.05, 0) is 25.7 Å². The number of aliphatic hydroxyl groups is 2. The second-order valence-electron chi connectivity index (χ2n) is 6.90. The number of carbonyl (C=O) groups excluding carboxylic acids is 2. The van der Waals surface area contributed by atoms with E-state index in [0.29, 0.717) is 32.2 Å². The average Bonchev–Trinajstić information content (AvgIpc) is 2.70. The highest BCUT2D eigenvalue weighted by Crippen LogP contribution is 2.27. The zero-order valence-corrected chi connectivity index (χ0v) is 13.4. The maximum Gasteiger partial charge on any atom is 0.253 e. The monoisotopic (exact) mass is 312 g/mol. The lowest BCUT2D eigenvalue weighted by Gasteiger charge is -2.38. The van der Waals surface area contributed by atoms with E-state index in [9.17, 15) is 19.8 Å². The van der Waals surface area contributed by atoms with Crippen molar-refractivity contribution in [1.29, 1.82) is 0 Å². The first-order chi connectivity index (χ1) is 10.3. The number of nitrogens with zero attached hydrogens (tertiary/aromatic N) is 1. The predicted molar refractivity (Wildman–Crippen MR) is 82.1 cm³/mol. The SMILES string of the molecule is CC(=O)N1CCC[C@@](O)(C(=O)NCC2(O)CCCCCC2)C1. The van der Waals surface area contributed by atoms with Gasteiger partial charge >= 0.3 is 0 Å². The number of nitrogens with one attached hydrogen (secondary N) is 1. The molecule has 0 spiro atoms. The van der Waals surface area contributed by atoms with Crippen molar-refractivity contribution < 1.29 is 19.8 Å². The molecule has 0 aromatic rings. The van der Waals surface area contributed by atoms with Gasteiger partial charge in [-0.15, -0.1) is 0 Å². The molecule has 22 heavy (non-hydrogen) atoms. The molecule has 3 N–H and O–H groups in total. The number of likely N-dealkylation sites (tertiary alicyclic amines) is 1. The minimum Gasteiger partial charge on any atom is -0.388 e. The van der Waals surface area contributed by atoms with Crippen LogP contribution in [0.25, 0.3) is 0 Å². The van der Waals surface area contributed by atoms with Gasteiger partial charge in [0, 0.05) is 20.0 Å². The molecule has 6 nitrogen and oxygen atoms in total. The first-order valence-electron chi connectivity index (χ1n) is 8.33. The molecule has 0 radical (unpaired) electrons. The Morgan fingerprint density at radius 2 is 1.68 bits per heavy atom. The van der Waals surface area contributed by atoms with Crippen LogP contribution in [-0.2, 0) is 9.59 Å². The number of rotatable bonds is 3. The minimum atomic E-state index is -1.54. The van der Waals surface area contributed by atoms with Crippen LogP contribution in [0.4, 0.5) is 0 Å². The Labute approximate surface area is 131 Å². The third-order valence-electron chi connectivity index (χ3n) is 4.95. The van der Waals surface area contributed by atoms with E-state index in [-0.39, 0.29) is 19.0 Å². The van der Waals surface area contributed by atoms with Crippen molar-refractivity contribution in [1.82, 2.24) is 10.2 Å². The normalized spacial score (nSPS) is 28.8. The first kappa shape index (κ1) is 17.2. The Morgan fingerprint density at radius 1 is 1.05 bits per heavy atom. The van der Waals surface area contributed by atoms with E-state index in [2.05, 4.69) is 5.32 Å². The lowest BCUT2D eigenvalue weighted by atomic mass is 9.90. The summed E-state index contributed by atoms with van der Waals surface area (Å²) in [6, 6.07) is 0.